The Balaban J connectivity index is 1.64. The van der Waals surface area contributed by atoms with Gasteiger partial charge in [0.05, 0.1) is 5.69 Å². The molecule has 1 amide bonds. The molecule has 4 rings (SSSR count). The first kappa shape index (κ1) is 19.8. The first-order valence-electron chi connectivity index (χ1n) is 9.94. The fourth-order valence-corrected chi connectivity index (χ4v) is 3.53. The summed E-state index contributed by atoms with van der Waals surface area (Å²) < 4.78 is 20.4. The SMILES string of the molecule is C[C@H](OC(=O)c1cn(-c2ccccc2)nc1-c1ccc(F)cc1)C(=O)N1CCCC1. The molecule has 1 atom stereocenters. The van der Waals surface area contributed by atoms with Gasteiger partial charge >= 0.3 is 5.97 Å². The second-order valence-electron chi connectivity index (χ2n) is 7.26. The number of ether oxygens (including phenoxy) is 1. The average Bonchev–Trinajstić information content (AvgIpc) is 3.45. The molecule has 0 radical (unpaired) electrons. The van der Waals surface area contributed by atoms with Crippen molar-refractivity contribution in [2.24, 2.45) is 0 Å². The maximum atomic E-state index is 13.4. The molecular formula is C23H22FN3O3. The van der Waals surface area contributed by atoms with Crippen LogP contribution in [0.4, 0.5) is 4.39 Å². The molecule has 1 aliphatic heterocycles. The van der Waals surface area contributed by atoms with Crippen molar-refractivity contribution in [2.45, 2.75) is 25.9 Å². The number of hydrogen-bond donors (Lipinski definition) is 0. The molecule has 2 aromatic carbocycles. The quantitative estimate of drug-likeness (QED) is 0.603. The number of carbonyl (C=O) groups is 2. The molecule has 7 heteroatoms. The molecule has 154 valence electrons. The molecule has 0 aliphatic carbocycles. The average molecular weight is 407 g/mol. The molecule has 1 fully saturated rings. The van der Waals surface area contributed by atoms with Crippen molar-refractivity contribution < 1.29 is 18.7 Å². The van der Waals surface area contributed by atoms with Gasteiger partial charge in [-0.3, -0.25) is 4.79 Å². The maximum absolute atomic E-state index is 13.4. The van der Waals surface area contributed by atoms with Crippen LogP contribution in [-0.2, 0) is 9.53 Å². The lowest BCUT2D eigenvalue weighted by atomic mass is 10.1. The number of likely N-dealkylation sites (tertiary alicyclic amines) is 1. The van der Waals surface area contributed by atoms with E-state index in [0.717, 1.165) is 18.5 Å². The van der Waals surface area contributed by atoms with Crippen molar-refractivity contribution in [1.29, 1.82) is 0 Å². The van der Waals surface area contributed by atoms with Crippen LogP contribution >= 0.6 is 0 Å². The van der Waals surface area contributed by atoms with Crippen LogP contribution in [0.3, 0.4) is 0 Å². The summed E-state index contributed by atoms with van der Waals surface area (Å²) in [4.78, 5) is 27.2. The monoisotopic (exact) mass is 407 g/mol. The molecule has 0 bridgehead atoms. The minimum absolute atomic E-state index is 0.195. The summed E-state index contributed by atoms with van der Waals surface area (Å²) in [6, 6.07) is 15.1. The molecule has 1 aromatic heterocycles. The van der Waals surface area contributed by atoms with Gasteiger partial charge in [0.25, 0.3) is 5.91 Å². The summed E-state index contributed by atoms with van der Waals surface area (Å²) in [5.74, 6) is -1.22. The third kappa shape index (κ3) is 4.10. The Morgan fingerprint density at radius 3 is 2.37 bits per heavy atom. The number of nitrogens with zero attached hydrogens (tertiary/aromatic N) is 3. The van der Waals surface area contributed by atoms with Crippen molar-refractivity contribution in [1.82, 2.24) is 14.7 Å². The number of para-hydroxylation sites is 1. The number of benzene rings is 2. The van der Waals surface area contributed by atoms with Crippen LogP contribution in [0, 0.1) is 5.82 Å². The van der Waals surface area contributed by atoms with E-state index >= 15 is 0 Å². The zero-order chi connectivity index (χ0) is 21.1. The van der Waals surface area contributed by atoms with Crippen LogP contribution in [-0.4, -0.2) is 45.8 Å². The van der Waals surface area contributed by atoms with Crippen molar-refractivity contribution in [3.63, 3.8) is 0 Å². The normalized spacial score (nSPS) is 14.5. The smallest absolute Gasteiger partial charge is 0.342 e. The fourth-order valence-electron chi connectivity index (χ4n) is 3.53. The van der Waals surface area contributed by atoms with Gasteiger partial charge in [-0.05, 0) is 56.2 Å². The van der Waals surface area contributed by atoms with Gasteiger partial charge < -0.3 is 9.64 Å². The van der Waals surface area contributed by atoms with E-state index in [1.807, 2.05) is 30.3 Å². The van der Waals surface area contributed by atoms with E-state index in [1.165, 1.54) is 12.1 Å². The number of aromatic nitrogens is 2. The molecule has 30 heavy (non-hydrogen) atoms. The predicted octanol–water partition coefficient (Wildman–Crippen LogP) is 3.85. The highest BCUT2D eigenvalue weighted by Crippen LogP contribution is 2.25. The topological polar surface area (TPSA) is 64.4 Å². The highest BCUT2D eigenvalue weighted by atomic mass is 19.1. The van der Waals surface area contributed by atoms with Crippen molar-refractivity contribution in [3.8, 4) is 16.9 Å². The molecule has 0 spiro atoms. The Morgan fingerprint density at radius 2 is 1.70 bits per heavy atom. The lowest BCUT2D eigenvalue weighted by Crippen LogP contribution is -2.38. The molecule has 1 aliphatic rings. The van der Waals surface area contributed by atoms with Gasteiger partial charge in [0.2, 0.25) is 0 Å². The van der Waals surface area contributed by atoms with Gasteiger partial charge in [0.1, 0.15) is 17.1 Å². The van der Waals surface area contributed by atoms with Gasteiger partial charge in [0.15, 0.2) is 6.10 Å². The Morgan fingerprint density at radius 1 is 1.03 bits per heavy atom. The fraction of sp³-hybridized carbons (Fsp3) is 0.261. The molecule has 0 unspecified atom stereocenters. The summed E-state index contributed by atoms with van der Waals surface area (Å²) in [6.07, 6.45) is 2.61. The first-order chi connectivity index (χ1) is 14.5. The maximum Gasteiger partial charge on any atom is 0.342 e. The molecule has 2 heterocycles. The molecule has 6 nitrogen and oxygen atoms in total. The largest absolute Gasteiger partial charge is 0.449 e. The lowest BCUT2D eigenvalue weighted by Gasteiger charge is -2.20. The lowest BCUT2D eigenvalue weighted by molar-refractivity contribution is -0.138. The van der Waals surface area contributed by atoms with Gasteiger partial charge in [-0.1, -0.05) is 18.2 Å². The summed E-state index contributed by atoms with van der Waals surface area (Å²) in [6.45, 7) is 2.96. The minimum Gasteiger partial charge on any atom is -0.449 e. The second-order valence-corrected chi connectivity index (χ2v) is 7.26. The number of esters is 1. The predicted molar refractivity (Wildman–Crippen MR) is 110 cm³/mol. The standard InChI is InChI=1S/C23H22FN3O3/c1-16(22(28)26-13-5-6-14-26)30-23(29)20-15-27(19-7-3-2-4-8-19)25-21(20)17-9-11-18(24)12-10-17/h2-4,7-12,15-16H,5-6,13-14H2,1H3/t16-/m0/s1. The van der Waals surface area contributed by atoms with E-state index in [9.17, 15) is 14.0 Å². The van der Waals surface area contributed by atoms with Crippen LogP contribution in [0.1, 0.15) is 30.1 Å². The Hall–Kier alpha value is -3.48. The highest BCUT2D eigenvalue weighted by Gasteiger charge is 2.28. The number of rotatable bonds is 5. The number of amides is 1. The van der Waals surface area contributed by atoms with Gasteiger partial charge in [-0.15, -0.1) is 0 Å². The minimum atomic E-state index is -0.892. The Bertz CT molecular complexity index is 1040. The zero-order valence-electron chi connectivity index (χ0n) is 16.6. The van der Waals surface area contributed by atoms with E-state index in [4.69, 9.17) is 4.74 Å². The highest BCUT2D eigenvalue weighted by molar-refractivity contribution is 5.97. The van der Waals surface area contributed by atoms with E-state index in [0.29, 0.717) is 24.3 Å². The second kappa shape index (κ2) is 8.49. The van der Waals surface area contributed by atoms with Crippen molar-refractivity contribution in [2.75, 3.05) is 13.1 Å². The van der Waals surface area contributed by atoms with Crippen molar-refractivity contribution >= 4 is 11.9 Å². The number of halogens is 1. The van der Waals surface area contributed by atoms with Crippen LogP contribution in [0.5, 0.6) is 0 Å². The summed E-state index contributed by atoms with van der Waals surface area (Å²) in [7, 11) is 0. The Labute approximate surface area is 173 Å². The van der Waals surface area contributed by atoms with Crippen LogP contribution in [0.25, 0.3) is 16.9 Å². The Kier molecular flexibility index (Phi) is 5.61. The van der Waals surface area contributed by atoms with Crippen LogP contribution in [0.15, 0.2) is 60.8 Å². The third-order valence-corrected chi connectivity index (χ3v) is 5.12. The van der Waals surface area contributed by atoms with Crippen molar-refractivity contribution in [3.05, 3.63) is 72.2 Å². The zero-order valence-corrected chi connectivity index (χ0v) is 16.6. The van der Waals surface area contributed by atoms with Crippen LogP contribution < -0.4 is 0 Å². The molecule has 0 saturated carbocycles. The molecule has 1 saturated heterocycles. The first-order valence-corrected chi connectivity index (χ1v) is 9.94. The number of hydrogen-bond acceptors (Lipinski definition) is 4. The van der Waals surface area contributed by atoms with E-state index < -0.39 is 12.1 Å². The van der Waals surface area contributed by atoms with E-state index in [2.05, 4.69) is 5.10 Å². The van der Waals surface area contributed by atoms with E-state index in [1.54, 1.807) is 34.8 Å². The van der Waals surface area contributed by atoms with Crippen LogP contribution in [0.2, 0.25) is 0 Å². The third-order valence-electron chi connectivity index (χ3n) is 5.12. The molecular weight excluding hydrogens is 385 g/mol. The van der Waals surface area contributed by atoms with Gasteiger partial charge in [0, 0.05) is 24.8 Å². The summed E-state index contributed by atoms with van der Waals surface area (Å²) >= 11 is 0. The number of carbonyl (C=O) groups excluding carboxylic acids is 2. The molecule has 0 N–H and O–H groups in total. The summed E-state index contributed by atoms with van der Waals surface area (Å²) in [5, 5.41) is 4.53. The van der Waals surface area contributed by atoms with Gasteiger partial charge in [-0.25, -0.2) is 13.9 Å². The van der Waals surface area contributed by atoms with Gasteiger partial charge in [-0.2, -0.15) is 5.10 Å². The molecule has 3 aromatic rings. The van der Waals surface area contributed by atoms with E-state index in [-0.39, 0.29) is 17.3 Å². The summed E-state index contributed by atoms with van der Waals surface area (Å²) in [5.41, 5.74) is 1.92.